The van der Waals surface area contributed by atoms with E-state index in [1.54, 1.807) is 7.11 Å². The molecule has 0 aromatic heterocycles. The molecule has 166 valence electrons. The van der Waals surface area contributed by atoms with Gasteiger partial charge in [-0.2, -0.15) is 0 Å². The lowest BCUT2D eigenvalue weighted by atomic mass is 9.69. The smallest absolute Gasteiger partial charge is 0.250 e. The van der Waals surface area contributed by atoms with E-state index in [1.165, 1.54) is 0 Å². The van der Waals surface area contributed by atoms with Crippen LogP contribution in [0.5, 0.6) is 5.75 Å². The number of anilines is 1. The summed E-state index contributed by atoms with van der Waals surface area (Å²) in [6, 6.07) is 25.4. The van der Waals surface area contributed by atoms with Gasteiger partial charge in [-0.05, 0) is 23.8 Å². The van der Waals surface area contributed by atoms with Crippen molar-refractivity contribution in [1.82, 2.24) is 4.90 Å². The van der Waals surface area contributed by atoms with E-state index in [1.807, 2.05) is 78.5 Å². The zero-order chi connectivity index (χ0) is 22.6. The molecular weight excluding hydrogens is 432 g/mol. The Morgan fingerprint density at radius 2 is 1.79 bits per heavy atom. The van der Waals surface area contributed by atoms with Crippen LogP contribution in [0.1, 0.15) is 27.4 Å². The second-order valence-electron chi connectivity index (χ2n) is 8.81. The fraction of sp³-hybridized carbons (Fsp3) is 0.259. The summed E-state index contributed by atoms with van der Waals surface area (Å²) in [5.74, 6) is 1.50. The number of ether oxygens (including phenoxy) is 1. The first-order valence-electron chi connectivity index (χ1n) is 11.1. The van der Waals surface area contributed by atoms with Crippen LogP contribution < -0.4 is 10.1 Å². The highest BCUT2D eigenvalue weighted by molar-refractivity contribution is 7.99. The average molecular weight is 457 g/mol. The van der Waals surface area contributed by atoms with E-state index in [-0.39, 0.29) is 23.7 Å². The maximum absolute atomic E-state index is 14.3. The van der Waals surface area contributed by atoms with E-state index in [0.717, 1.165) is 22.6 Å². The van der Waals surface area contributed by atoms with Gasteiger partial charge in [-0.25, -0.2) is 0 Å². The molecule has 3 aromatic carbocycles. The van der Waals surface area contributed by atoms with Crippen LogP contribution in [-0.2, 0) is 10.3 Å². The Hall–Kier alpha value is -3.09. The Bertz CT molecular complexity index is 1230. The SMILES string of the molecule is COc1ccc2c(c1)[C@]1(C(=O)N2)[C@@H](C(=O)c2ccccc2)[C@H](c2ccccc2)[C@H]2CSCN21. The number of nitrogens with zero attached hydrogens (tertiary/aromatic N) is 1. The van der Waals surface area contributed by atoms with Crippen LogP contribution in [0, 0.1) is 5.92 Å². The van der Waals surface area contributed by atoms with Gasteiger partial charge in [0.1, 0.15) is 11.3 Å². The first-order valence-corrected chi connectivity index (χ1v) is 12.3. The summed E-state index contributed by atoms with van der Waals surface area (Å²) in [4.78, 5) is 30.5. The second kappa shape index (κ2) is 7.75. The molecule has 1 spiro atoms. The van der Waals surface area contributed by atoms with E-state index in [2.05, 4.69) is 22.3 Å². The molecule has 2 fully saturated rings. The molecule has 1 N–H and O–H groups in total. The monoisotopic (exact) mass is 456 g/mol. The predicted molar refractivity (Wildman–Crippen MR) is 130 cm³/mol. The van der Waals surface area contributed by atoms with Gasteiger partial charge in [0.15, 0.2) is 5.78 Å². The molecule has 6 heteroatoms. The summed E-state index contributed by atoms with van der Waals surface area (Å²) in [6.07, 6.45) is 0. The van der Waals surface area contributed by atoms with Crippen molar-refractivity contribution in [2.24, 2.45) is 5.92 Å². The largest absolute Gasteiger partial charge is 0.497 e. The third-order valence-corrected chi connectivity index (χ3v) is 8.39. The van der Waals surface area contributed by atoms with Gasteiger partial charge in [-0.1, -0.05) is 60.7 Å². The van der Waals surface area contributed by atoms with Crippen LogP contribution in [0.4, 0.5) is 5.69 Å². The molecular formula is C27H24N2O3S. The van der Waals surface area contributed by atoms with Crippen molar-refractivity contribution < 1.29 is 14.3 Å². The van der Waals surface area contributed by atoms with Crippen molar-refractivity contribution in [3.8, 4) is 5.75 Å². The number of hydrogen-bond donors (Lipinski definition) is 1. The number of methoxy groups -OCH3 is 1. The maximum atomic E-state index is 14.3. The van der Waals surface area contributed by atoms with Gasteiger partial charge in [0.25, 0.3) is 0 Å². The number of Topliss-reactive ketones (excluding diaryl/α,β-unsaturated/α-hetero) is 1. The Morgan fingerprint density at radius 3 is 2.52 bits per heavy atom. The number of ketones is 1. The number of thioether (sulfide) groups is 1. The molecule has 33 heavy (non-hydrogen) atoms. The molecule has 0 radical (unpaired) electrons. The topological polar surface area (TPSA) is 58.6 Å². The quantitative estimate of drug-likeness (QED) is 0.586. The van der Waals surface area contributed by atoms with Gasteiger partial charge >= 0.3 is 0 Å². The second-order valence-corrected chi connectivity index (χ2v) is 9.81. The molecule has 3 aliphatic rings. The number of carbonyl (C=O) groups excluding carboxylic acids is 2. The van der Waals surface area contributed by atoms with Crippen LogP contribution in [0.15, 0.2) is 78.9 Å². The molecule has 5 nitrogen and oxygen atoms in total. The van der Waals surface area contributed by atoms with Gasteiger partial charge in [-0.3, -0.25) is 14.5 Å². The Balaban J connectivity index is 1.63. The van der Waals surface area contributed by atoms with Crippen LogP contribution >= 0.6 is 11.8 Å². The molecule has 2 saturated heterocycles. The molecule has 3 aromatic rings. The van der Waals surface area contributed by atoms with Crippen molar-refractivity contribution >= 4 is 29.1 Å². The Labute approximate surface area is 197 Å². The molecule has 0 bridgehead atoms. The summed E-state index contributed by atoms with van der Waals surface area (Å²) in [6.45, 7) is 0. The van der Waals surface area contributed by atoms with Crippen molar-refractivity contribution in [2.45, 2.75) is 17.5 Å². The van der Waals surface area contributed by atoms with Crippen molar-refractivity contribution in [1.29, 1.82) is 0 Å². The summed E-state index contributed by atoms with van der Waals surface area (Å²) < 4.78 is 5.53. The van der Waals surface area contributed by atoms with Gasteiger partial charge in [-0.15, -0.1) is 11.8 Å². The summed E-state index contributed by atoms with van der Waals surface area (Å²) >= 11 is 1.82. The van der Waals surface area contributed by atoms with Crippen molar-refractivity contribution in [3.05, 3.63) is 95.6 Å². The fourth-order valence-corrected chi connectivity index (χ4v) is 7.34. The minimum absolute atomic E-state index is 0.00896. The standard InChI is InChI=1S/C27H24N2O3S/c1-32-19-12-13-21-20(14-19)27(26(31)28-21)24(25(30)18-10-6-3-7-11-18)23(17-8-4-2-5-9-17)22-15-33-16-29(22)27/h2-14,22-24H,15-16H2,1H3,(H,28,31)/t22-,23-,24-,27-/m1/s1. The fourth-order valence-electron chi connectivity index (χ4n) is 6.01. The number of fused-ring (bicyclic) bond motifs is 4. The zero-order valence-corrected chi connectivity index (χ0v) is 19.0. The van der Waals surface area contributed by atoms with Gasteiger partial charge in [0.2, 0.25) is 5.91 Å². The van der Waals surface area contributed by atoms with E-state index < -0.39 is 11.5 Å². The molecule has 0 aliphatic carbocycles. The van der Waals surface area contributed by atoms with Crippen LogP contribution in [-0.4, -0.2) is 41.4 Å². The Kier molecular flexibility index (Phi) is 4.82. The average Bonchev–Trinajstić information content (AvgIpc) is 3.52. The summed E-state index contributed by atoms with van der Waals surface area (Å²) in [5.41, 5.74) is 2.26. The van der Waals surface area contributed by atoms with Crippen LogP contribution in [0.25, 0.3) is 0 Å². The van der Waals surface area contributed by atoms with Gasteiger partial charge < -0.3 is 10.1 Å². The third kappa shape index (κ3) is 2.84. The number of hydrogen-bond acceptors (Lipinski definition) is 5. The lowest BCUT2D eigenvalue weighted by Crippen LogP contribution is -2.52. The first-order chi connectivity index (χ1) is 16.2. The number of amides is 1. The van der Waals surface area contributed by atoms with Crippen molar-refractivity contribution in [2.75, 3.05) is 24.1 Å². The lowest BCUT2D eigenvalue weighted by molar-refractivity contribution is -0.127. The number of carbonyl (C=O) groups is 2. The maximum Gasteiger partial charge on any atom is 0.250 e. The minimum Gasteiger partial charge on any atom is -0.497 e. The molecule has 0 saturated carbocycles. The third-order valence-electron chi connectivity index (χ3n) is 7.35. The Morgan fingerprint density at radius 1 is 1.06 bits per heavy atom. The highest BCUT2D eigenvalue weighted by Crippen LogP contribution is 2.61. The van der Waals surface area contributed by atoms with E-state index in [9.17, 15) is 9.59 Å². The van der Waals surface area contributed by atoms with E-state index in [0.29, 0.717) is 17.2 Å². The van der Waals surface area contributed by atoms with Crippen LogP contribution in [0.2, 0.25) is 0 Å². The number of rotatable bonds is 4. The highest BCUT2D eigenvalue weighted by Gasteiger charge is 2.69. The summed E-state index contributed by atoms with van der Waals surface area (Å²) in [5, 5.41) is 3.10. The van der Waals surface area contributed by atoms with E-state index in [4.69, 9.17) is 4.74 Å². The molecule has 4 atom stereocenters. The zero-order valence-electron chi connectivity index (χ0n) is 18.2. The normalized spacial score (nSPS) is 27.9. The molecule has 1 amide bonds. The van der Waals surface area contributed by atoms with Gasteiger partial charge in [0.05, 0.1) is 13.0 Å². The van der Waals surface area contributed by atoms with Crippen molar-refractivity contribution in [3.63, 3.8) is 0 Å². The molecule has 3 aliphatic heterocycles. The molecule has 6 rings (SSSR count). The summed E-state index contributed by atoms with van der Waals surface area (Å²) in [7, 11) is 1.63. The van der Waals surface area contributed by atoms with Crippen LogP contribution in [0.3, 0.4) is 0 Å². The first kappa shape index (κ1) is 20.5. The lowest BCUT2D eigenvalue weighted by Gasteiger charge is -2.36. The highest BCUT2D eigenvalue weighted by atomic mass is 32.2. The minimum atomic E-state index is -1.08. The molecule has 3 heterocycles. The van der Waals surface area contributed by atoms with Gasteiger partial charge in [0, 0.05) is 40.4 Å². The van der Waals surface area contributed by atoms with E-state index >= 15 is 0 Å². The number of nitrogens with one attached hydrogen (secondary N) is 1. The predicted octanol–water partition coefficient (Wildman–Crippen LogP) is 4.51. The number of benzene rings is 3. The molecule has 0 unspecified atom stereocenters.